The Hall–Kier alpha value is -0.730. The standard InChI is InChI=1S/C8H17N3/c1-5-8-10(4)9-6-11(8)7(2)3/h6-8H,5H2,1-4H3. The summed E-state index contributed by atoms with van der Waals surface area (Å²) < 4.78 is 0. The van der Waals surface area contributed by atoms with Crippen molar-refractivity contribution < 1.29 is 0 Å². The van der Waals surface area contributed by atoms with Crippen LogP contribution in [0.15, 0.2) is 5.10 Å². The van der Waals surface area contributed by atoms with Gasteiger partial charge < -0.3 is 4.90 Å². The third-order valence-corrected chi connectivity index (χ3v) is 2.10. The van der Waals surface area contributed by atoms with E-state index in [4.69, 9.17) is 0 Å². The Morgan fingerprint density at radius 2 is 2.18 bits per heavy atom. The summed E-state index contributed by atoms with van der Waals surface area (Å²) in [6, 6.07) is 0.550. The normalized spacial score (nSPS) is 23.9. The quantitative estimate of drug-likeness (QED) is 0.599. The van der Waals surface area contributed by atoms with E-state index in [9.17, 15) is 0 Å². The summed E-state index contributed by atoms with van der Waals surface area (Å²) in [7, 11) is 2.02. The fraction of sp³-hybridized carbons (Fsp3) is 0.875. The first kappa shape index (κ1) is 8.37. The molecule has 0 aromatic heterocycles. The highest BCUT2D eigenvalue weighted by Crippen LogP contribution is 2.15. The molecule has 64 valence electrons. The molecule has 3 nitrogen and oxygen atoms in total. The van der Waals surface area contributed by atoms with Crippen LogP contribution in [0.3, 0.4) is 0 Å². The largest absolute Gasteiger partial charge is 0.337 e. The van der Waals surface area contributed by atoms with Crippen LogP contribution in [0.1, 0.15) is 27.2 Å². The molecule has 0 saturated carbocycles. The number of hydrogen-bond acceptors (Lipinski definition) is 3. The number of hydrogen-bond donors (Lipinski definition) is 0. The predicted octanol–water partition coefficient (Wildman–Crippen LogP) is 1.32. The second-order valence-corrected chi connectivity index (χ2v) is 3.23. The van der Waals surface area contributed by atoms with Crippen LogP contribution >= 0.6 is 0 Å². The van der Waals surface area contributed by atoms with Crippen LogP contribution in [0.4, 0.5) is 0 Å². The van der Waals surface area contributed by atoms with Gasteiger partial charge in [-0.15, -0.1) is 0 Å². The molecule has 0 N–H and O–H groups in total. The minimum Gasteiger partial charge on any atom is -0.337 e. The molecule has 1 atom stereocenters. The lowest BCUT2D eigenvalue weighted by atomic mass is 10.2. The Morgan fingerprint density at radius 1 is 1.55 bits per heavy atom. The summed E-state index contributed by atoms with van der Waals surface area (Å²) in [4.78, 5) is 2.28. The summed E-state index contributed by atoms with van der Waals surface area (Å²) in [6.45, 7) is 6.56. The van der Waals surface area contributed by atoms with Crippen molar-refractivity contribution >= 4 is 6.34 Å². The van der Waals surface area contributed by atoms with E-state index in [0.29, 0.717) is 12.2 Å². The zero-order chi connectivity index (χ0) is 8.43. The van der Waals surface area contributed by atoms with Gasteiger partial charge in [-0.05, 0) is 20.3 Å². The number of hydrazone groups is 1. The van der Waals surface area contributed by atoms with Crippen LogP contribution < -0.4 is 0 Å². The predicted molar refractivity (Wildman–Crippen MR) is 47.3 cm³/mol. The lowest BCUT2D eigenvalue weighted by Crippen LogP contribution is -2.41. The van der Waals surface area contributed by atoms with Gasteiger partial charge in [0.05, 0.1) is 0 Å². The smallest absolute Gasteiger partial charge is 0.118 e. The molecular weight excluding hydrogens is 138 g/mol. The SMILES string of the molecule is CCC1N(C)N=CN1C(C)C. The first-order valence-electron chi connectivity index (χ1n) is 4.21. The molecule has 1 heterocycles. The summed E-state index contributed by atoms with van der Waals surface area (Å²) >= 11 is 0. The number of rotatable bonds is 2. The van der Waals surface area contributed by atoms with E-state index >= 15 is 0 Å². The van der Waals surface area contributed by atoms with Crippen molar-refractivity contribution in [3.05, 3.63) is 0 Å². The van der Waals surface area contributed by atoms with Crippen molar-refractivity contribution in [1.29, 1.82) is 0 Å². The third kappa shape index (κ3) is 1.47. The second kappa shape index (κ2) is 3.11. The van der Waals surface area contributed by atoms with Gasteiger partial charge in [-0.25, -0.2) is 0 Å². The monoisotopic (exact) mass is 155 g/mol. The molecule has 0 saturated heterocycles. The molecule has 1 unspecified atom stereocenters. The van der Waals surface area contributed by atoms with Gasteiger partial charge in [-0.3, -0.25) is 5.01 Å². The van der Waals surface area contributed by atoms with E-state index < -0.39 is 0 Å². The Balaban J connectivity index is 2.61. The molecule has 0 bridgehead atoms. The van der Waals surface area contributed by atoms with Gasteiger partial charge in [0, 0.05) is 13.1 Å². The third-order valence-electron chi connectivity index (χ3n) is 2.10. The topological polar surface area (TPSA) is 18.8 Å². The first-order valence-corrected chi connectivity index (χ1v) is 4.21. The van der Waals surface area contributed by atoms with Gasteiger partial charge in [0.1, 0.15) is 12.5 Å². The van der Waals surface area contributed by atoms with Crippen molar-refractivity contribution in [1.82, 2.24) is 9.91 Å². The molecule has 0 fully saturated rings. The second-order valence-electron chi connectivity index (χ2n) is 3.23. The van der Waals surface area contributed by atoms with E-state index in [-0.39, 0.29) is 0 Å². The van der Waals surface area contributed by atoms with Crippen molar-refractivity contribution in [2.75, 3.05) is 7.05 Å². The van der Waals surface area contributed by atoms with E-state index in [1.54, 1.807) is 0 Å². The van der Waals surface area contributed by atoms with Gasteiger partial charge in [0.15, 0.2) is 0 Å². The Labute approximate surface area is 68.7 Å². The van der Waals surface area contributed by atoms with Crippen LogP contribution in [-0.4, -0.2) is 35.5 Å². The zero-order valence-corrected chi connectivity index (χ0v) is 7.78. The molecule has 1 rings (SSSR count). The van der Waals surface area contributed by atoms with Crippen molar-refractivity contribution in [2.24, 2.45) is 5.10 Å². The van der Waals surface area contributed by atoms with Gasteiger partial charge >= 0.3 is 0 Å². The summed E-state index contributed by atoms with van der Waals surface area (Å²) in [6.07, 6.45) is 3.52. The average Bonchev–Trinajstić information content (AvgIpc) is 2.30. The number of nitrogens with zero attached hydrogens (tertiary/aromatic N) is 3. The first-order chi connectivity index (χ1) is 5.16. The highest BCUT2D eigenvalue weighted by Gasteiger charge is 2.24. The lowest BCUT2D eigenvalue weighted by molar-refractivity contribution is 0.134. The summed E-state index contributed by atoms with van der Waals surface area (Å²) in [5.41, 5.74) is 0. The molecule has 3 heteroatoms. The van der Waals surface area contributed by atoms with Gasteiger partial charge in [0.2, 0.25) is 0 Å². The van der Waals surface area contributed by atoms with Crippen LogP contribution in [-0.2, 0) is 0 Å². The highest BCUT2D eigenvalue weighted by atomic mass is 15.6. The molecule has 11 heavy (non-hydrogen) atoms. The van der Waals surface area contributed by atoms with Gasteiger partial charge in [-0.1, -0.05) is 6.92 Å². The maximum Gasteiger partial charge on any atom is 0.118 e. The van der Waals surface area contributed by atoms with Crippen LogP contribution in [0.2, 0.25) is 0 Å². The minimum absolute atomic E-state index is 0.468. The molecule has 0 radical (unpaired) electrons. The Morgan fingerprint density at radius 3 is 2.55 bits per heavy atom. The molecule has 0 spiro atoms. The van der Waals surface area contributed by atoms with E-state index in [1.807, 2.05) is 18.4 Å². The molecule has 1 aliphatic rings. The van der Waals surface area contributed by atoms with E-state index in [0.717, 1.165) is 6.42 Å². The van der Waals surface area contributed by atoms with Crippen molar-refractivity contribution in [2.45, 2.75) is 39.4 Å². The molecule has 1 aliphatic heterocycles. The fourth-order valence-corrected chi connectivity index (χ4v) is 1.44. The van der Waals surface area contributed by atoms with E-state index in [2.05, 4.69) is 30.8 Å². The van der Waals surface area contributed by atoms with Crippen LogP contribution in [0.25, 0.3) is 0 Å². The molecular formula is C8H17N3. The maximum absolute atomic E-state index is 4.23. The van der Waals surface area contributed by atoms with Crippen molar-refractivity contribution in [3.8, 4) is 0 Å². The van der Waals surface area contributed by atoms with Crippen LogP contribution in [0, 0.1) is 0 Å². The van der Waals surface area contributed by atoms with Gasteiger partial charge in [-0.2, -0.15) is 5.10 Å². The molecule has 0 amide bonds. The molecule has 0 aromatic rings. The molecule has 0 aromatic carbocycles. The summed E-state index contributed by atoms with van der Waals surface area (Å²) in [5.74, 6) is 0. The van der Waals surface area contributed by atoms with Crippen LogP contribution in [0.5, 0.6) is 0 Å². The average molecular weight is 155 g/mol. The van der Waals surface area contributed by atoms with Crippen molar-refractivity contribution in [3.63, 3.8) is 0 Å². The summed E-state index contributed by atoms with van der Waals surface area (Å²) in [5, 5.41) is 6.24. The maximum atomic E-state index is 4.23. The van der Waals surface area contributed by atoms with Gasteiger partial charge in [0.25, 0.3) is 0 Å². The fourth-order valence-electron chi connectivity index (χ4n) is 1.44. The zero-order valence-electron chi connectivity index (χ0n) is 7.78. The molecule has 0 aliphatic carbocycles. The van der Waals surface area contributed by atoms with E-state index in [1.165, 1.54) is 0 Å². The Bertz CT molecular complexity index is 153. The lowest BCUT2D eigenvalue weighted by Gasteiger charge is -2.30. The highest BCUT2D eigenvalue weighted by molar-refractivity contribution is 5.57. The Kier molecular flexibility index (Phi) is 2.37. The minimum atomic E-state index is 0.468.